The van der Waals surface area contributed by atoms with Crippen LogP contribution in [0.2, 0.25) is 10.0 Å². The molecule has 0 saturated carbocycles. The average Bonchev–Trinajstić information content (AvgIpc) is 2.44. The molecule has 5 nitrogen and oxygen atoms in total. The smallest absolute Gasteiger partial charge is 0.338 e. The Bertz CT molecular complexity index is 753. The van der Waals surface area contributed by atoms with Gasteiger partial charge in [-0.3, -0.25) is 0 Å². The highest BCUT2D eigenvalue weighted by atomic mass is 79.9. The van der Waals surface area contributed by atoms with E-state index in [4.69, 9.17) is 28.3 Å². The number of carboxylic acids is 1. The molecule has 0 aliphatic carbocycles. The van der Waals surface area contributed by atoms with E-state index in [0.717, 1.165) is 0 Å². The highest BCUT2D eigenvalue weighted by Gasteiger charge is 2.18. The van der Waals surface area contributed by atoms with Crippen LogP contribution in [0.25, 0.3) is 0 Å². The Hall–Kier alpha value is -1.76. The van der Waals surface area contributed by atoms with Crippen molar-refractivity contribution in [1.82, 2.24) is 0 Å². The minimum absolute atomic E-state index is 0.00531. The molecule has 0 aliphatic heterocycles. The molecule has 8 heteroatoms. The van der Waals surface area contributed by atoms with Crippen molar-refractivity contribution >= 4 is 62.5 Å². The van der Waals surface area contributed by atoms with Crippen LogP contribution in [0.15, 0.2) is 40.9 Å². The van der Waals surface area contributed by atoms with E-state index >= 15 is 0 Å². The molecule has 2 amide bonds. The predicted octanol–water partition coefficient (Wildman–Crippen LogP) is 5.10. The predicted molar refractivity (Wildman–Crippen MR) is 90.2 cm³/mol. The third-order valence-electron chi connectivity index (χ3n) is 2.68. The van der Waals surface area contributed by atoms with Crippen molar-refractivity contribution in [3.05, 3.63) is 56.5 Å². The Morgan fingerprint density at radius 2 is 1.64 bits per heavy atom. The molecule has 2 aromatic carbocycles. The summed E-state index contributed by atoms with van der Waals surface area (Å²) in [6, 6.07) is 9.26. The maximum absolute atomic E-state index is 12.0. The zero-order valence-electron chi connectivity index (χ0n) is 10.9. The van der Waals surface area contributed by atoms with Crippen LogP contribution in [0.4, 0.5) is 16.2 Å². The van der Waals surface area contributed by atoms with Gasteiger partial charge in [-0.25, -0.2) is 9.59 Å². The minimum Gasteiger partial charge on any atom is -0.478 e. The molecule has 0 atom stereocenters. The highest BCUT2D eigenvalue weighted by Crippen LogP contribution is 2.32. The van der Waals surface area contributed by atoms with E-state index in [1.165, 1.54) is 12.1 Å². The molecule has 0 saturated heterocycles. The summed E-state index contributed by atoms with van der Waals surface area (Å²) in [5.41, 5.74) is 0.443. The number of anilines is 2. The zero-order valence-corrected chi connectivity index (χ0v) is 14.0. The lowest BCUT2D eigenvalue weighted by molar-refractivity contribution is 0.0697. The number of rotatable bonds is 3. The number of hydrogen-bond donors (Lipinski definition) is 3. The quantitative estimate of drug-likeness (QED) is 0.667. The molecule has 0 spiro atoms. The van der Waals surface area contributed by atoms with Gasteiger partial charge < -0.3 is 15.7 Å². The summed E-state index contributed by atoms with van der Waals surface area (Å²) in [6.07, 6.45) is 0. The summed E-state index contributed by atoms with van der Waals surface area (Å²) >= 11 is 15.1. The van der Waals surface area contributed by atoms with Gasteiger partial charge >= 0.3 is 12.0 Å². The Kier molecular flexibility index (Phi) is 5.28. The van der Waals surface area contributed by atoms with Gasteiger partial charge in [0, 0.05) is 4.47 Å². The van der Waals surface area contributed by atoms with Gasteiger partial charge in [-0.1, -0.05) is 35.3 Å². The molecule has 2 rings (SSSR count). The molecule has 114 valence electrons. The third kappa shape index (κ3) is 3.71. The molecule has 0 bridgehead atoms. The normalized spacial score (nSPS) is 10.1. The van der Waals surface area contributed by atoms with Crippen LogP contribution in [-0.2, 0) is 0 Å². The number of hydrogen-bond acceptors (Lipinski definition) is 2. The molecule has 0 aromatic heterocycles. The molecule has 0 heterocycles. The molecular formula is C14H9BrCl2N2O3. The molecule has 22 heavy (non-hydrogen) atoms. The summed E-state index contributed by atoms with van der Waals surface area (Å²) in [5, 5.41) is 14.0. The molecule has 3 N–H and O–H groups in total. The van der Waals surface area contributed by atoms with Crippen molar-refractivity contribution in [3.8, 4) is 0 Å². The van der Waals surface area contributed by atoms with E-state index in [2.05, 4.69) is 26.6 Å². The first kappa shape index (κ1) is 16.6. The van der Waals surface area contributed by atoms with E-state index in [0.29, 0.717) is 10.2 Å². The lowest BCUT2D eigenvalue weighted by atomic mass is 10.2. The fourth-order valence-corrected chi connectivity index (χ4v) is 2.65. The third-order valence-corrected chi connectivity index (χ3v) is 4.07. The second-order valence-electron chi connectivity index (χ2n) is 4.15. The van der Waals surface area contributed by atoms with Crippen LogP contribution < -0.4 is 10.6 Å². The van der Waals surface area contributed by atoms with Crippen LogP contribution in [0.1, 0.15) is 10.4 Å². The summed E-state index contributed by atoms with van der Waals surface area (Å²) in [7, 11) is 0. The van der Waals surface area contributed by atoms with E-state index in [-0.39, 0.29) is 21.3 Å². The number of urea groups is 1. The molecular weight excluding hydrogens is 395 g/mol. The Morgan fingerprint density at radius 3 is 2.27 bits per heavy atom. The van der Waals surface area contributed by atoms with Crippen LogP contribution in [0, 0.1) is 0 Å². The molecule has 0 aliphatic rings. The minimum atomic E-state index is -1.27. The molecule has 0 unspecified atom stereocenters. The van der Waals surface area contributed by atoms with E-state index in [1.54, 1.807) is 18.2 Å². The maximum Gasteiger partial charge on any atom is 0.338 e. The number of benzene rings is 2. The zero-order chi connectivity index (χ0) is 16.3. The first-order valence-electron chi connectivity index (χ1n) is 5.94. The second kappa shape index (κ2) is 7.00. The maximum atomic E-state index is 12.0. The largest absolute Gasteiger partial charge is 0.478 e. The SMILES string of the molecule is O=C(Nc1ccccc1Br)Nc1ccc(Cl)c(C(=O)O)c1Cl. The number of para-hydroxylation sites is 1. The van der Waals surface area contributed by atoms with Gasteiger partial charge in [0.1, 0.15) is 0 Å². The van der Waals surface area contributed by atoms with Crippen molar-refractivity contribution in [1.29, 1.82) is 0 Å². The van der Waals surface area contributed by atoms with Gasteiger partial charge in [0.05, 0.1) is 27.0 Å². The standard InChI is InChI=1S/C14H9BrCl2N2O3/c15-7-3-1-2-4-9(7)18-14(22)19-10-6-5-8(16)11(12(10)17)13(20)21/h1-6H,(H,20,21)(H2,18,19,22). The number of carbonyl (C=O) groups is 2. The fourth-order valence-electron chi connectivity index (χ4n) is 1.68. The Labute approximate surface area is 144 Å². The number of carboxylic acid groups (broad SMARTS) is 1. The van der Waals surface area contributed by atoms with Crippen molar-refractivity contribution < 1.29 is 14.7 Å². The topological polar surface area (TPSA) is 78.4 Å². The number of nitrogens with one attached hydrogen (secondary N) is 2. The molecule has 2 aromatic rings. The first-order chi connectivity index (χ1) is 10.4. The van der Waals surface area contributed by atoms with E-state index in [9.17, 15) is 9.59 Å². The summed E-state index contributed by atoms with van der Waals surface area (Å²) in [4.78, 5) is 23.1. The van der Waals surface area contributed by atoms with Crippen LogP contribution in [0.3, 0.4) is 0 Å². The van der Waals surface area contributed by atoms with Crippen LogP contribution in [0.5, 0.6) is 0 Å². The van der Waals surface area contributed by atoms with Crippen molar-refractivity contribution in [2.24, 2.45) is 0 Å². The lowest BCUT2D eigenvalue weighted by Gasteiger charge is -2.12. The first-order valence-corrected chi connectivity index (χ1v) is 7.49. The summed E-state index contributed by atoms with van der Waals surface area (Å²) < 4.78 is 0.707. The average molecular weight is 404 g/mol. The fraction of sp³-hybridized carbons (Fsp3) is 0. The van der Waals surface area contributed by atoms with Gasteiger partial charge in [0.15, 0.2) is 0 Å². The molecule has 0 radical (unpaired) electrons. The van der Waals surface area contributed by atoms with Crippen molar-refractivity contribution in [2.45, 2.75) is 0 Å². The van der Waals surface area contributed by atoms with Crippen LogP contribution in [-0.4, -0.2) is 17.1 Å². The highest BCUT2D eigenvalue weighted by molar-refractivity contribution is 9.10. The van der Waals surface area contributed by atoms with E-state index < -0.39 is 12.0 Å². The van der Waals surface area contributed by atoms with Gasteiger partial charge in [-0.15, -0.1) is 0 Å². The second-order valence-corrected chi connectivity index (χ2v) is 5.79. The van der Waals surface area contributed by atoms with E-state index in [1.807, 2.05) is 6.07 Å². The Morgan fingerprint density at radius 1 is 1.00 bits per heavy atom. The van der Waals surface area contributed by atoms with Crippen LogP contribution >= 0.6 is 39.1 Å². The van der Waals surface area contributed by atoms with Gasteiger partial charge in [0.2, 0.25) is 0 Å². The summed E-state index contributed by atoms with van der Waals surface area (Å²) in [5.74, 6) is -1.27. The van der Waals surface area contributed by atoms with Gasteiger partial charge in [-0.05, 0) is 40.2 Å². The Balaban J connectivity index is 2.21. The van der Waals surface area contributed by atoms with Crippen molar-refractivity contribution in [3.63, 3.8) is 0 Å². The molecule has 0 fully saturated rings. The number of halogens is 3. The number of aromatic carboxylic acids is 1. The van der Waals surface area contributed by atoms with Gasteiger partial charge in [0.25, 0.3) is 0 Å². The van der Waals surface area contributed by atoms with Crippen molar-refractivity contribution in [2.75, 3.05) is 10.6 Å². The number of carbonyl (C=O) groups excluding carboxylic acids is 1. The lowest BCUT2D eigenvalue weighted by Crippen LogP contribution is -2.20. The summed E-state index contributed by atoms with van der Waals surface area (Å²) in [6.45, 7) is 0. The number of amides is 2. The van der Waals surface area contributed by atoms with Gasteiger partial charge in [-0.2, -0.15) is 0 Å². The monoisotopic (exact) mass is 402 g/mol.